The van der Waals surface area contributed by atoms with E-state index in [2.05, 4.69) is 38.3 Å². The van der Waals surface area contributed by atoms with E-state index in [9.17, 15) is 5.26 Å². The molecule has 1 saturated heterocycles. The molecule has 0 radical (unpaired) electrons. The zero-order valence-electron chi connectivity index (χ0n) is 17.1. The first-order valence-corrected chi connectivity index (χ1v) is 10.5. The van der Waals surface area contributed by atoms with E-state index in [-0.39, 0.29) is 0 Å². The molecular formula is C23H24N6O. The number of rotatable bonds is 3. The Hall–Kier alpha value is -3.40. The summed E-state index contributed by atoms with van der Waals surface area (Å²) in [6.45, 7) is 2.49. The van der Waals surface area contributed by atoms with Gasteiger partial charge in [0.25, 0.3) is 0 Å². The number of nitrogens with zero attached hydrogens (tertiary/aromatic N) is 6. The maximum Gasteiger partial charge on any atom is 0.216 e. The molecule has 0 spiro atoms. The minimum atomic E-state index is 0.397. The van der Waals surface area contributed by atoms with Crippen LogP contribution in [0, 0.1) is 11.3 Å². The van der Waals surface area contributed by atoms with Gasteiger partial charge in [-0.05, 0) is 37.8 Å². The Morgan fingerprint density at radius 1 is 1.23 bits per heavy atom. The van der Waals surface area contributed by atoms with Crippen molar-refractivity contribution in [3.8, 4) is 23.1 Å². The Morgan fingerprint density at radius 3 is 2.87 bits per heavy atom. The summed E-state index contributed by atoms with van der Waals surface area (Å²) in [5, 5.41) is 18.1. The van der Waals surface area contributed by atoms with Crippen molar-refractivity contribution in [3.05, 3.63) is 53.7 Å². The fraction of sp³-hybridized carbons (Fsp3) is 0.391. The number of nitriles is 1. The molecule has 2 aliphatic heterocycles. The number of benzene rings is 1. The number of aryl methyl sites for hydroxylation is 2. The maximum absolute atomic E-state index is 9.82. The fourth-order valence-corrected chi connectivity index (χ4v) is 4.62. The third-order valence-corrected chi connectivity index (χ3v) is 6.14. The molecule has 2 aliphatic rings. The van der Waals surface area contributed by atoms with Crippen LogP contribution in [-0.4, -0.2) is 39.4 Å². The van der Waals surface area contributed by atoms with Crippen LogP contribution in [0.4, 0.5) is 5.69 Å². The summed E-state index contributed by atoms with van der Waals surface area (Å²) in [5.74, 6) is 2.18. The van der Waals surface area contributed by atoms with Gasteiger partial charge < -0.3 is 14.2 Å². The number of para-hydroxylation sites is 1. The minimum absolute atomic E-state index is 0.397. The van der Waals surface area contributed by atoms with Crippen molar-refractivity contribution < 1.29 is 4.74 Å². The first-order chi connectivity index (χ1) is 14.7. The summed E-state index contributed by atoms with van der Waals surface area (Å²) in [6, 6.07) is 10.5. The van der Waals surface area contributed by atoms with Crippen LogP contribution in [0.2, 0.25) is 0 Å². The second-order valence-corrected chi connectivity index (χ2v) is 8.02. The van der Waals surface area contributed by atoms with Crippen LogP contribution in [-0.2, 0) is 13.5 Å². The zero-order valence-corrected chi connectivity index (χ0v) is 17.1. The van der Waals surface area contributed by atoms with Crippen LogP contribution in [0.3, 0.4) is 0 Å². The van der Waals surface area contributed by atoms with Crippen LogP contribution in [0.15, 0.2) is 36.8 Å². The maximum atomic E-state index is 9.82. The molecule has 0 saturated carbocycles. The molecule has 4 heterocycles. The van der Waals surface area contributed by atoms with Crippen molar-refractivity contribution in [1.29, 1.82) is 5.26 Å². The highest BCUT2D eigenvalue weighted by Crippen LogP contribution is 2.38. The van der Waals surface area contributed by atoms with Crippen molar-refractivity contribution in [2.75, 3.05) is 24.6 Å². The molecule has 1 fully saturated rings. The van der Waals surface area contributed by atoms with E-state index in [4.69, 9.17) is 4.74 Å². The average Bonchev–Trinajstić information content (AvgIpc) is 3.24. The van der Waals surface area contributed by atoms with E-state index in [1.54, 1.807) is 6.33 Å². The predicted octanol–water partition coefficient (Wildman–Crippen LogP) is 3.46. The van der Waals surface area contributed by atoms with Crippen LogP contribution >= 0.6 is 0 Å². The number of aromatic nitrogens is 4. The minimum Gasteiger partial charge on any atom is -0.477 e. The largest absolute Gasteiger partial charge is 0.477 e. The predicted molar refractivity (Wildman–Crippen MR) is 113 cm³/mol. The first kappa shape index (κ1) is 18.6. The lowest BCUT2D eigenvalue weighted by atomic mass is 9.93. The Morgan fingerprint density at radius 2 is 2.10 bits per heavy atom. The van der Waals surface area contributed by atoms with Gasteiger partial charge in [-0.25, -0.2) is 4.98 Å². The molecule has 0 bridgehead atoms. The van der Waals surface area contributed by atoms with E-state index in [0.717, 1.165) is 79.5 Å². The summed E-state index contributed by atoms with van der Waals surface area (Å²) in [6.07, 6.45) is 7.60. The van der Waals surface area contributed by atoms with Gasteiger partial charge in [-0.1, -0.05) is 12.1 Å². The highest BCUT2D eigenvalue weighted by molar-refractivity contribution is 5.83. The molecule has 0 aliphatic carbocycles. The second kappa shape index (κ2) is 7.79. The molecular weight excluding hydrogens is 376 g/mol. The first-order valence-electron chi connectivity index (χ1n) is 10.5. The van der Waals surface area contributed by atoms with Gasteiger partial charge in [0.15, 0.2) is 0 Å². The lowest BCUT2D eigenvalue weighted by Gasteiger charge is -2.35. The Kier molecular flexibility index (Phi) is 4.83. The van der Waals surface area contributed by atoms with E-state index in [1.165, 1.54) is 0 Å². The monoisotopic (exact) mass is 400 g/mol. The van der Waals surface area contributed by atoms with Crippen molar-refractivity contribution in [2.45, 2.75) is 31.6 Å². The molecule has 0 N–H and O–H groups in total. The van der Waals surface area contributed by atoms with Gasteiger partial charge in [0.05, 0.1) is 17.9 Å². The number of pyridine rings is 1. The standard InChI is InChI=1S/C23H24N6O/c1-28-15-26-27-22(28)16-7-9-29(10-8-16)21-18(13-24)4-2-6-20(21)19-12-17-5-3-11-30-23(17)25-14-19/h2,4,6,12,14-16H,3,5,7-11H2,1H3. The van der Waals surface area contributed by atoms with Crippen molar-refractivity contribution in [3.63, 3.8) is 0 Å². The van der Waals surface area contributed by atoms with Gasteiger partial charge in [-0.3, -0.25) is 0 Å². The normalized spacial score (nSPS) is 16.6. The highest BCUT2D eigenvalue weighted by Gasteiger charge is 2.27. The third-order valence-electron chi connectivity index (χ3n) is 6.14. The van der Waals surface area contributed by atoms with E-state index in [0.29, 0.717) is 11.5 Å². The Labute approximate surface area is 175 Å². The van der Waals surface area contributed by atoms with Crippen molar-refractivity contribution >= 4 is 5.69 Å². The zero-order chi connectivity index (χ0) is 20.5. The van der Waals surface area contributed by atoms with Gasteiger partial charge in [-0.15, -0.1) is 10.2 Å². The molecule has 30 heavy (non-hydrogen) atoms. The number of piperidine rings is 1. The molecule has 0 amide bonds. The number of hydrogen-bond acceptors (Lipinski definition) is 6. The van der Waals surface area contributed by atoms with Gasteiger partial charge in [0, 0.05) is 48.9 Å². The number of fused-ring (bicyclic) bond motifs is 1. The van der Waals surface area contributed by atoms with Crippen LogP contribution in [0.1, 0.15) is 42.1 Å². The molecule has 2 aromatic heterocycles. The van der Waals surface area contributed by atoms with Gasteiger partial charge in [-0.2, -0.15) is 5.26 Å². The summed E-state index contributed by atoms with van der Waals surface area (Å²) in [5.41, 5.74) is 4.97. The highest BCUT2D eigenvalue weighted by atomic mass is 16.5. The van der Waals surface area contributed by atoms with Crippen LogP contribution in [0.25, 0.3) is 11.1 Å². The molecule has 5 rings (SSSR count). The quantitative estimate of drug-likeness (QED) is 0.670. The smallest absolute Gasteiger partial charge is 0.216 e. The third kappa shape index (κ3) is 3.28. The lowest BCUT2D eigenvalue weighted by molar-refractivity contribution is 0.276. The average molecular weight is 400 g/mol. The van der Waals surface area contributed by atoms with E-state index < -0.39 is 0 Å². The SMILES string of the molecule is Cn1cnnc1C1CCN(c2c(C#N)cccc2-c2cnc3c(c2)CCCO3)CC1. The summed E-state index contributed by atoms with van der Waals surface area (Å²) >= 11 is 0. The van der Waals surface area contributed by atoms with Gasteiger partial charge in [0.1, 0.15) is 18.2 Å². The van der Waals surface area contributed by atoms with E-state index >= 15 is 0 Å². The summed E-state index contributed by atoms with van der Waals surface area (Å²) < 4.78 is 7.69. The molecule has 3 aromatic rings. The van der Waals surface area contributed by atoms with Gasteiger partial charge >= 0.3 is 0 Å². The van der Waals surface area contributed by atoms with E-state index in [1.807, 2.05) is 29.9 Å². The Bertz CT molecular complexity index is 1110. The number of hydrogen-bond donors (Lipinski definition) is 0. The second-order valence-electron chi connectivity index (χ2n) is 8.02. The summed E-state index contributed by atoms with van der Waals surface area (Å²) in [4.78, 5) is 6.90. The molecule has 1 aromatic carbocycles. The van der Waals surface area contributed by atoms with Crippen LogP contribution in [0.5, 0.6) is 5.88 Å². The molecule has 152 valence electrons. The van der Waals surface area contributed by atoms with Crippen molar-refractivity contribution in [1.82, 2.24) is 19.7 Å². The van der Waals surface area contributed by atoms with Crippen molar-refractivity contribution in [2.24, 2.45) is 7.05 Å². The number of ether oxygens (including phenoxy) is 1. The fourth-order valence-electron chi connectivity index (χ4n) is 4.62. The van der Waals surface area contributed by atoms with Gasteiger partial charge in [0.2, 0.25) is 5.88 Å². The molecule has 7 heteroatoms. The topological polar surface area (TPSA) is 79.9 Å². The Balaban J connectivity index is 1.47. The van der Waals surface area contributed by atoms with Crippen LogP contribution < -0.4 is 9.64 Å². The number of anilines is 1. The lowest BCUT2D eigenvalue weighted by Crippen LogP contribution is -2.34. The molecule has 7 nitrogen and oxygen atoms in total. The summed E-state index contributed by atoms with van der Waals surface area (Å²) in [7, 11) is 2.00. The molecule has 0 atom stereocenters. The molecule has 0 unspecified atom stereocenters.